The Labute approximate surface area is 153 Å². The van der Waals surface area contributed by atoms with Crippen LogP contribution in [0.5, 0.6) is 11.5 Å². The second kappa shape index (κ2) is 8.51. The van der Waals surface area contributed by atoms with Crippen LogP contribution in [0.4, 0.5) is 11.5 Å². The number of methoxy groups -OCH3 is 2. The molecule has 0 unspecified atom stereocenters. The molecule has 1 aromatic carbocycles. The van der Waals surface area contributed by atoms with Crippen molar-refractivity contribution in [3.8, 4) is 11.5 Å². The summed E-state index contributed by atoms with van der Waals surface area (Å²) in [6.45, 7) is 1.97. The average molecular weight is 356 g/mol. The number of hydrogen-bond acceptors (Lipinski definition) is 6. The minimum atomic E-state index is -0.341. The highest BCUT2D eigenvalue weighted by molar-refractivity contribution is 6.03. The summed E-state index contributed by atoms with van der Waals surface area (Å²) < 4.78 is 10.5. The highest BCUT2D eigenvalue weighted by atomic mass is 16.5. The van der Waals surface area contributed by atoms with E-state index in [1.807, 2.05) is 0 Å². The van der Waals surface area contributed by atoms with Crippen molar-refractivity contribution in [3.63, 3.8) is 0 Å². The quantitative estimate of drug-likeness (QED) is 0.887. The molecular formula is C19H24N4O3. The third-order valence-electron chi connectivity index (χ3n) is 4.46. The van der Waals surface area contributed by atoms with Crippen molar-refractivity contribution in [1.82, 2.24) is 9.97 Å². The third-order valence-corrected chi connectivity index (χ3v) is 4.46. The zero-order chi connectivity index (χ0) is 18.4. The Kier molecular flexibility index (Phi) is 5.88. The fourth-order valence-corrected chi connectivity index (χ4v) is 3.00. The Bertz CT molecular complexity index is 741. The first-order chi connectivity index (χ1) is 12.7. The third kappa shape index (κ3) is 4.22. The number of ether oxygens (including phenoxy) is 2. The van der Waals surface area contributed by atoms with E-state index in [0.29, 0.717) is 17.2 Å². The minimum absolute atomic E-state index is 0.258. The van der Waals surface area contributed by atoms with Gasteiger partial charge in [0.05, 0.1) is 32.3 Å². The maximum atomic E-state index is 12.5. The molecule has 2 aromatic rings. The predicted octanol–water partition coefficient (Wildman–Crippen LogP) is 3.13. The van der Waals surface area contributed by atoms with Gasteiger partial charge in [-0.15, -0.1) is 0 Å². The molecule has 2 heterocycles. The first kappa shape index (κ1) is 18.0. The zero-order valence-corrected chi connectivity index (χ0v) is 15.2. The SMILES string of the molecule is COc1ccc(OC)c(NC(=O)c2cnc(N3CCCCCC3)cn2)c1. The second-order valence-corrected chi connectivity index (χ2v) is 6.18. The second-order valence-electron chi connectivity index (χ2n) is 6.18. The van der Waals surface area contributed by atoms with E-state index in [1.54, 1.807) is 38.6 Å². The van der Waals surface area contributed by atoms with E-state index in [1.165, 1.54) is 31.9 Å². The average Bonchev–Trinajstić information content (AvgIpc) is 2.97. The maximum Gasteiger partial charge on any atom is 0.275 e. The molecule has 1 amide bonds. The van der Waals surface area contributed by atoms with Crippen molar-refractivity contribution in [2.24, 2.45) is 0 Å². The molecular weight excluding hydrogens is 332 g/mol. The highest BCUT2D eigenvalue weighted by Gasteiger charge is 2.15. The van der Waals surface area contributed by atoms with E-state index in [2.05, 4.69) is 20.2 Å². The van der Waals surface area contributed by atoms with Crippen LogP contribution in [0.3, 0.4) is 0 Å². The highest BCUT2D eigenvalue weighted by Crippen LogP contribution is 2.29. The van der Waals surface area contributed by atoms with Crippen LogP contribution in [-0.2, 0) is 0 Å². The lowest BCUT2D eigenvalue weighted by molar-refractivity contribution is 0.102. The van der Waals surface area contributed by atoms with Gasteiger partial charge in [0.25, 0.3) is 5.91 Å². The van der Waals surface area contributed by atoms with E-state index in [9.17, 15) is 4.79 Å². The number of nitrogens with zero attached hydrogens (tertiary/aromatic N) is 3. The molecule has 0 saturated carbocycles. The standard InChI is InChI=1S/C19H24N4O3/c1-25-14-7-8-17(26-2)15(11-14)22-19(24)16-12-21-18(13-20-16)23-9-5-3-4-6-10-23/h7-8,11-13H,3-6,9-10H2,1-2H3,(H,22,24). The Morgan fingerprint density at radius 3 is 2.42 bits per heavy atom. The molecule has 7 heteroatoms. The summed E-state index contributed by atoms with van der Waals surface area (Å²) >= 11 is 0. The van der Waals surface area contributed by atoms with Crippen LogP contribution in [0.1, 0.15) is 36.2 Å². The Balaban J connectivity index is 1.72. The molecule has 1 aromatic heterocycles. The normalized spacial score (nSPS) is 14.5. The number of nitrogens with one attached hydrogen (secondary N) is 1. The molecule has 0 aliphatic carbocycles. The molecule has 7 nitrogen and oxygen atoms in total. The van der Waals surface area contributed by atoms with Crippen LogP contribution >= 0.6 is 0 Å². The predicted molar refractivity (Wildman–Crippen MR) is 100 cm³/mol. The fraction of sp³-hybridized carbons (Fsp3) is 0.421. The van der Waals surface area contributed by atoms with Crippen molar-refractivity contribution in [3.05, 3.63) is 36.3 Å². The molecule has 0 spiro atoms. The number of carbonyl (C=O) groups is 1. The van der Waals surface area contributed by atoms with Crippen molar-refractivity contribution < 1.29 is 14.3 Å². The number of hydrogen-bond donors (Lipinski definition) is 1. The molecule has 3 rings (SSSR count). The van der Waals surface area contributed by atoms with Gasteiger partial charge < -0.3 is 19.7 Å². The van der Waals surface area contributed by atoms with E-state index < -0.39 is 0 Å². The molecule has 1 aliphatic heterocycles. The maximum absolute atomic E-state index is 12.5. The van der Waals surface area contributed by atoms with Gasteiger partial charge in [-0.3, -0.25) is 4.79 Å². The smallest absolute Gasteiger partial charge is 0.275 e. The number of benzene rings is 1. The molecule has 138 valence electrons. The van der Waals surface area contributed by atoms with Gasteiger partial charge in [-0.25, -0.2) is 9.97 Å². The summed E-state index contributed by atoms with van der Waals surface area (Å²) in [5.41, 5.74) is 0.781. The lowest BCUT2D eigenvalue weighted by Gasteiger charge is -2.20. The van der Waals surface area contributed by atoms with Crippen LogP contribution in [0.2, 0.25) is 0 Å². The number of aromatic nitrogens is 2. The van der Waals surface area contributed by atoms with Crippen LogP contribution in [-0.4, -0.2) is 43.2 Å². The van der Waals surface area contributed by atoms with Crippen LogP contribution in [0.15, 0.2) is 30.6 Å². The molecule has 0 atom stereocenters. The lowest BCUT2D eigenvalue weighted by atomic mass is 10.2. The zero-order valence-electron chi connectivity index (χ0n) is 15.2. The molecule has 1 aliphatic rings. The number of carbonyl (C=O) groups excluding carboxylic acids is 1. The minimum Gasteiger partial charge on any atom is -0.497 e. The van der Waals surface area contributed by atoms with Gasteiger partial charge in [-0.1, -0.05) is 12.8 Å². The Morgan fingerprint density at radius 1 is 1.04 bits per heavy atom. The summed E-state index contributed by atoms with van der Waals surface area (Å²) in [7, 11) is 3.12. The van der Waals surface area contributed by atoms with E-state index in [0.717, 1.165) is 18.9 Å². The fourth-order valence-electron chi connectivity index (χ4n) is 3.00. The summed E-state index contributed by atoms with van der Waals surface area (Å²) in [5.74, 6) is 1.66. The Morgan fingerprint density at radius 2 is 1.81 bits per heavy atom. The topological polar surface area (TPSA) is 76.6 Å². The van der Waals surface area contributed by atoms with E-state index in [4.69, 9.17) is 9.47 Å². The van der Waals surface area contributed by atoms with Gasteiger partial charge >= 0.3 is 0 Å². The molecule has 1 fully saturated rings. The van der Waals surface area contributed by atoms with Crippen molar-refractivity contribution >= 4 is 17.4 Å². The van der Waals surface area contributed by atoms with Crippen molar-refractivity contribution in [1.29, 1.82) is 0 Å². The van der Waals surface area contributed by atoms with E-state index >= 15 is 0 Å². The molecule has 1 N–H and O–H groups in total. The van der Waals surface area contributed by atoms with Gasteiger partial charge in [0, 0.05) is 19.2 Å². The van der Waals surface area contributed by atoms with Gasteiger partial charge in [0.15, 0.2) is 0 Å². The number of anilines is 2. The summed E-state index contributed by atoms with van der Waals surface area (Å²) in [5, 5.41) is 2.80. The first-order valence-electron chi connectivity index (χ1n) is 8.81. The van der Waals surface area contributed by atoms with Crippen molar-refractivity contribution in [2.75, 3.05) is 37.5 Å². The molecule has 0 radical (unpaired) electrons. The summed E-state index contributed by atoms with van der Waals surface area (Å²) in [4.78, 5) is 23.4. The number of amides is 1. The molecule has 1 saturated heterocycles. The largest absolute Gasteiger partial charge is 0.497 e. The molecule has 0 bridgehead atoms. The van der Waals surface area contributed by atoms with Crippen molar-refractivity contribution in [2.45, 2.75) is 25.7 Å². The number of rotatable bonds is 5. The van der Waals surface area contributed by atoms with Gasteiger partial charge in [0.1, 0.15) is 23.0 Å². The summed E-state index contributed by atoms with van der Waals surface area (Å²) in [6, 6.07) is 5.21. The van der Waals surface area contributed by atoms with E-state index in [-0.39, 0.29) is 11.6 Å². The van der Waals surface area contributed by atoms with Crippen LogP contribution in [0, 0.1) is 0 Å². The Hall–Kier alpha value is -2.83. The van der Waals surface area contributed by atoms with Gasteiger partial charge in [-0.05, 0) is 25.0 Å². The lowest BCUT2D eigenvalue weighted by Crippen LogP contribution is -2.25. The van der Waals surface area contributed by atoms with Crippen LogP contribution in [0.25, 0.3) is 0 Å². The van der Waals surface area contributed by atoms with Gasteiger partial charge in [0.2, 0.25) is 0 Å². The van der Waals surface area contributed by atoms with Crippen LogP contribution < -0.4 is 19.7 Å². The van der Waals surface area contributed by atoms with Gasteiger partial charge in [-0.2, -0.15) is 0 Å². The summed E-state index contributed by atoms with van der Waals surface area (Å²) in [6.07, 6.45) is 8.03. The first-order valence-corrected chi connectivity index (χ1v) is 8.81. The molecule has 26 heavy (non-hydrogen) atoms. The monoisotopic (exact) mass is 356 g/mol.